The third-order valence-electron chi connectivity index (χ3n) is 6.39. The smallest absolute Gasteiger partial charge is 0.348 e. The van der Waals surface area contributed by atoms with E-state index in [1.54, 1.807) is 19.9 Å². The standard InChI is InChI=1S/C25H34O10/c1-7-14(4)8-20(28)35-24-21-18(9-19(33-15(5)26)25(21)12-32-25)17(11-31-24)10-30-23(29)22(13(2)3)34-16(6)27/h9,11,13-14,19,21-22,24H,7-8,10,12H2,1-6H3/t14-,19+,21-,22-,24+,25-/m1/s1. The van der Waals surface area contributed by atoms with Crippen molar-refractivity contribution >= 4 is 23.9 Å². The maximum atomic E-state index is 12.6. The van der Waals surface area contributed by atoms with Crippen LogP contribution in [0.1, 0.15) is 54.4 Å². The van der Waals surface area contributed by atoms with Crippen molar-refractivity contribution in [2.45, 2.75) is 78.5 Å². The van der Waals surface area contributed by atoms with Crippen LogP contribution < -0.4 is 0 Å². The highest BCUT2D eigenvalue weighted by Crippen LogP contribution is 2.54. The Bertz CT molecular complexity index is 913. The lowest BCUT2D eigenvalue weighted by Crippen LogP contribution is -2.44. The predicted molar refractivity (Wildman–Crippen MR) is 120 cm³/mol. The summed E-state index contributed by atoms with van der Waals surface area (Å²) in [5.74, 6) is -2.86. The average Bonchev–Trinajstić information content (AvgIpc) is 3.50. The average molecular weight is 495 g/mol. The largest absolute Gasteiger partial charge is 0.461 e. The molecular weight excluding hydrogens is 460 g/mol. The molecule has 1 fully saturated rings. The molecule has 6 atom stereocenters. The monoisotopic (exact) mass is 494 g/mol. The van der Waals surface area contributed by atoms with Crippen molar-refractivity contribution < 1.29 is 47.6 Å². The van der Waals surface area contributed by atoms with E-state index in [1.165, 1.54) is 20.1 Å². The number of hydrogen-bond donors (Lipinski definition) is 0. The minimum absolute atomic E-state index is 0.154. The topological polar surface area (TPSA) is 127 Å². The number of hydrogen-bond acceptors (Lipinski definition) is 10. The van der Waals surface area contributed by atoms with E-state index in [4.69, 9.17) is 28.4 Å². The molecule has 194 valence electrons. The van der Waals surface area contributed by atoms with Gasteiger partial charge in [0.25, 0.3) is 6.29 Å². The van der Waals surface area contributed by atoms with Crippen molar-refractivity contribution in [3.05, 3.63) is 23.5 Å². The number of rotatable bonds is 10. The van der Waals surface area contributed by atoms with Crippen molar-refractivity contribution in [2.75, 3.05) is 13.2 Å². The Balaban J connectivity index is 1.79. The Kier molecular flexibility index (Phi) is 8.25. The summed E-state index contributed by atoms with van der Waals surface area (Å²) in [4.78, 5) is 48.2. The van der Waals surface area contributed by atoms with E-state index in [2.05, 4.69) is 0 Å². The Hall–Kier alpha value is -2.88. The second-order valence-corrected chi connectivity index (χ2v) is 9.61. The molecule has 0 bridgehead atoms. The van der Waals surface area contributed by atoms with Gasteiger partial charge in [0.15, 0.2) is 6.10 Å². The summed E-state index contributed by atoms with van der Waals surface area (Å²) >= 11 is 0. The Morgan fingerprint density at radius 3 is 2.34 bits per heavy atom. The molecule has 0 saturated carbocycles. The minimum Gasteiger partial charge on any atom is -0.461 e. The van der Waals surface area contributed by atoms with Crippen LogP contribution >= 0.6 is 0 Å². The summed E-state index contributed by atoms with van der Waals surface area (Å²) < 4.78 is 33.2. The van der Waals surface area contributed by atoms with Gasteiger partial charge in [-0.25, -0.2) is 4.79 Å². The SMILES string of the molecule is CC[C@@H](C)CC(=O)O[C@@H]1OC=C(COC(=O)[C@H](OC(C)=O)C(C)C)C2=C[C@H](OC(C)=O)[C@]3(CO3)[C@H]21. The fourth-order valence-corrected chi connectivity index (χ4v) is 4.25. The zero-order valence-corrected chi connectivity index (χ0v) is 21.0. The van der Waals surface area contributed by atoms with Crippen LogP contribution in [-0.2, 0) is 47.6 Å². The van der Waals surface area contributed by atoms with E-state index >= 15 is 0 Å². The Morgan fingerprint density at radius 2 is 1.80 bits per heavy atom. The molecule has 10 nitrogen and oxygen atoms in total. The van der Waals surface area contributed by atoms with Gasteiger partial charge in [0, 0.05) is 31.8 Å². The van der Waals surface area contributed by atoms with Crippen LogP contribution in [0.25, 0.3) is 0 Å². The molecule has 2 heterocycles. The van der Waals surface area contributed by atoms with E-state index in [0.29, 0.717) is 11.1 Å². The van der Waals surface area contributed by atoms with Gasteiger partial charge in [-0.1, -0.05) is 34.1 Å². The van der Waals surface area contributed by atoms with Crippen LogP contribution in [0.3, 0.4) is 0 Å². The molecule has 0 unspecified atom stereocenters. The fourth-order valence-electron chi connectivity index (χ4n) is 4.25. The van der Waals surface area contributed by atoms with Gasteiger partial charge in [0.05, 0.1) is 18.8 Å². The normalized spacial score (nSPS) is 28.1. The van der Waals surface area contributed by atoms with Crippen LogP contribution in [0.4, 0.5) is 0 Å². The van der Waals surface area contributed by atoms with E-state index < -0.39 is 53.9 Å². The molecule has 0 aromatic rings. The molecule has 0 aromatic carbocycles. The van der Waals surface area contributed by atoms with Crippen LogP contribution in [0.2, 0.25) is 0 Å². The van der Waals surface area contributed by atoms with Gasteiger partial charge in [0.2, 0.25) is 6.10 Å². The summed E-state index contributed by atoms with van der Waals surface area (Å²) in [7, 11) is 0. The molecule has 35 heavy (non-hydrogen) atoms. The lowest BCUT2D eigenvalue weighted by molar-refractivity contribution is -0.186. The number of carbonyl (C=O) groups excluding carboxylic acids is 4. The van der Waals surface area contributed by atoms with E-state index in [1.807, 2.05) is 13.8 Å². The predicted octanol–water partition coefficient (Wildman–Crippen LogP) is 2.59. The zero-order chi connectivity index (χ0) is 25.9. The number of esters is 4. The molecule has 0 aromatic heterocycles. The summed E-state index contributed by atoms with van der Waals surface area (Å²) in [6, 6.07) is 0. The maximum Gasteiger partial charge on any atom is 0.348 e. The summed E-state index contributed by atoms with van der Waals surface area (Å²) in [5, 5.41) is 0. The molecule has 0 amide bonds. The molecule has 3 aliphatic rings. The second kappa shape index (κ2) is 10.8. The second-order valence-electron chi connectivity index (χ2n) is 9.61. The number of fused-ring (bicyclic) bond motifs is 2. The first-order valence-electron chi connectivity index (χ1n) is 11.9. The van der Waals surface area contributed by atoms with Crippen molar-refractivity contribution in [1.29, 1.82) is 0 Å². The fraction of sp³-hybridized carbons (Fsp3) is 0.680. The molecule has 0 radical (unpaired) electrons. The highest BCUT2D eigenvalue weighted by Gasteiger charge is 2.67. The van der Waals surface area contributed by atoms with Crippen LogP contribution in [0.5, 0.6) is 0 Å². The van der Waals surface area contributed by atoms with Crippen molar-refractivity contribution in [3.8, 4) is 0 Å². The van der Waals surface area contributed by atoms with Crippen LogP contribution in [0, 0.1) is 17.8 Å². The Morgan fingerprint density at radius 1 is 1.11 bits per heavy atom. The van der Waals surface area contributed by atoms with Crippen LogP contribution in [-0.4, -0.2) is 61.2 Å². The molecular formula is C25H34O10. The molecule has 1 spiro atoms. The van der Waals surface area contributed by atoms with Gasteiger partial charge in [-0.05, 0) is 17.6 Å². The number of carbonyl (C=O) groups is 4. The van der Waals surface area contributed by atoms with Gasteiger partial charge in [0.1, 0.15) is 12.2 Å². The molecule has 2 aliphatic heterocycles. The number of epoxide rings is 1. The van der Waals surface area contributed by atoms with E-state index in [-0.39, 0.29) is 31.5 Å². The first-order valence-corrected chi connectivity index (χ1v) is 11.9. The van der Waals surface area contributed by atoms with Gasteiger partial charge in [-0.2, -0.15) is 0 Å². The highest BCUT2D eigenvalue weighted by molar-refractivity contribution is 5.79. The lowest BCUT2D eigenvalue weighted by Gasteiger charge is -2.33. The van der Waals surface area contributed by atoms with E-state index in [9.17, 15) is 19.2 Å². The third-order valence-corrected chi connectivity index (χ3v) is 6.39. The summed E-state index contributed by atoms with van der Waals surface area (Å²) in [6.07, 6.45) is 1.43. The van der Waals surface area contributed by atoms with Crippen molar-refractivity contribution in [3.63, 3.8) is 0 Å². The summed E-state index contributed by atoms with van der Waals surface area (Å²) in [6.45, 7) is 10.1. The molecule has 0 N–H and O–H groups in total. The third kappa shape index (κ3) is 6.04. The van der Waals surface area contributed by atoms with E-state index in [0.717, 1.165) is 6.42 Å². The van der Waals surface area contributed by atoms with Crippen LogP contribution in [0.15, 0.2) is 23.5 Å². The van der Waals surface area contributed by atoms with Gasteiger partial charge < -0.3 is 28.4 Å². The lowest BCUT2D eigenvalue weighted by atomic mass is 9.85. The van der Waals surface area contributed by atoms with Crippen molar-refractivity contribution in [2.24, 2.45) is 17.8 Å². The van der Waals surface area contributed by atoms with Gasteiger partial charge >= 0.3 is 23.9 Å². The molecule has 1 saturated heterocycles. The van der Waals surface area contributed by atoms with Gasteiger partial charge in [-0.15, -0.1) is 0 Å². The molecule has 10 heteroatoms. The zero-order valence-electron chi connectivity index (χ0n) is 21.0. The number of ether oxygens (including phenoxy) is 6. The first-order chi connectivity index (χ1) is 16.5. The minimum atomic E-state index is -1.05. The van der Waals surface area contributed by atoms with Crippen molar-refractivity contribution in [1.82, 2.24) is 0 Å². The quantitative estimate of drug-likeness (QED) is 0.254. The van der Waals surface area contributed by atoms with Gasteiger partial charge in [-0.3, -0.25) is 14.4 Å². The maximum absolute atomic E-state index is 12.6. The molecule has 1 aliphatic carbocycles. The Labute approximate surface area is 204 Å². The highest BCUT2D eigenvalue weighted by atomic mass is 16.7. The first kappa shape index (κ1) is 26.7. The summed E-state index contributed by atoms with van der Waals surface area (Å²) in [5.41, 5.74) is 0.250. The molecule has 3 rings (SSSR count).